The number of ether oxygens (including phenoxy) is 1. The molecule has 1 N–H and O–H groups in total. The van der Waals surface area contributed by atoms with Crippen LogP contribution in [0.25, 0.3) is 11.4 Å². The summed E-state index contributed by atoms with van der Waals surface area (Å²) in [6.45, 7) is 9.24. The summed E-state index contributed by atoms with van der Waals surface area (Å²) in [5.41, 5.74) is 0.274. The molecular weight excluding hydrogens is 346 g/mol. The lowest BCUT2D eigenvalue weighted by molar-refractivity contribution is 0.0499. The van der Waals surface area contributed by atoms with Gasteiger partial charge in [0.1, 0.15) is 17.5 Å². The Morgan fingerprint density at radius 1 is 1.30 bits per heavy atom. The summed E-state index contributed by atoms with van der Waals surface area (Å²) in [5.74, 6) is 1.73. The number of hydrogen-bond acceptors (Lipinski definition) is 7. The second-order valence-corrected chi connectivity index (χ2v) is 7.77. The number of carbonyl (C=O) groups is 1. The number of aromatic nitrogens is 3. The van der Waals surface area contributed by atoms with Crippen LogP contribution >= 0.6 is 0 Å². The fourth-order valence-electron chi connectivity index (χ4n) is 2.93. The average Bonchev–Trinajstić information content (AvgIpc) is 3.11. The van der Waals surface area contributed by atoms with E-state index in [4.69, 9.17) is 9.26 Å². The number of nitrogens with one attached hydrogen (secondary N) is 1. The molecule has 1 aliphatic rings. The third-order valence-electron chi connectivity index (χ3n) is 4.23. The molecule has 0 aliphatic carbocycles. The summed E-state index contributed by atoms with van der Waals surface area (Å²) in [6.07, 6.45) is 4.88. The molecule has 1 fully saturated rings. The van der Waals surface area contributed by atoms with Crippen LogP contribution in [0.1, 0.15) is 58.9 Å². The Morgan fingerprint density at radius 3 is 2.74 bits per heavy atom. The molecule has 1 aliphatic heterocycles. The molecule has 1 amide bonds. The van der Waals surface area contributed by atoms with Crippen LogP contribution in [0.4, 0.5) is 10.6 Å². The Labute approximate surface area is 159 Å². The number of rotatable bonds is 4. The van der Waals surface area contributed by atoms with E-state index in [-0.39, 0.29) is 0 Å². The highest BCUT2D eigenvalue weighted by Gasteiger charge is 2.22. The van der Waals surface area contributed by atoms with E-state index in [1.165, 1.54) is 19.3 Å². The maximum Gasteiger partial charge on any atom is 0.408 e. The number of anilines is 1. The highest BCUT2D eigenvalue weighted by molar-refractivity contribution is 5.68. The van der Waals surface area contributed by atoms with Gasteiger partial charge >= 0.3 is 6.09 Å². The van der Waals surface area contributed by atoms with Gasteiger partial charge in [0, 0.05) is 24.8 Å². The number of pyridine rings is 1. The molecule has 1 unspecified atom stereocenters. The van der Waals surface area contributed by atoms with Gasteiger partial charge in [0.2, 0.25) is 11.7 Å². The maximum absolute atomic E-state index is 11.9. The molecule has 0 bridgehead atoms. The molecule has 3 rings (SSSR count). The van der Waals surface area contributed by atoms with Crippen LogP contribution in [0.2, 0.25) is 0 Å². The third kappa shape index (κ3) is 5.18. The monoisotopic (exact) mass is 373 g/mol. The van der Waals surface area contributed by atoms with E-state index < -0.39 is 17.7 Å². The fraction of sp³-hybridized carbons (Fsp3) is 0.579. The van der Waals surface area contributed by atoms with Gasteiger partial charge in [0.25, 0.3) is 0 Å². The topological polar surface area (TPSA) is 93.4 Å². The molecule has 0 saturated carbocycles. The van der Waals surface area contributed by atoms with Crippen LogP contribution in [0.3, 0.4) is 0 Å². The molecule has 8 heteroatoms. The van der Waals surface area contributed by atoms with Crippen LogP contribution in [-0.2, 0) is 4.74 Å². The Balaban J connectivity index is 1.69. The predicted molar refractivity (Wildman–Crippen MR) is 101 cm³/mol. The van der Waals surface area contributed by atoms with Crippen molar-refractivity contribution in [3.05, 3.63) is 24.2 Å². The van der Waals surface area contributed by atoms with Crippen molar-refractivity contribution in [3.63, 3.8) is 0 Å². The summed E-state index contributed by atoms with van der Waals surface area (Å²) in [4.78, 5) is 23.1. The molecule has 0 aromatic carbocycles. The molecule has 1 saturated heterocycles. The first kappa shape index (κ1) is 19.1. The molecule has 146 valence electrons. The van der Waals surface area contributed by atoms with Crippen molar-refractivity contribution < 1.29 is 14.1 Å². The summed E-state index contributed by atoms with van der Waals surface area (Å²) in [6, 6.07) is 3.38. The smallest absolute Gasteiger partial charge is 0.408 e. The highest BCUT2D eigenvalue weighted by atomic mass is 16.6. The Hall–Kier alpha value is -2.64. The Kier molecular flexibility index (Phi) is 5.62. The van der Waals surface area contributed by atoms with E-state index in [1.54, 1.807) is 13.1 Å². The summed E-state index contributed by atoms with van der Waals surface area (Å²) in [7, 11) is 0. The molecular formula is C19H27N5O3. The molecule has 1 atom stereocenters. The predicted octanol–water partition coefficient (Wildman–Crippen LogP) is 3.71. The number of amides is 1. The van der Waals surface area contributed by atoms with Crippen molar-refractivity contribution in [2.75, 3.05) is 18.0 Å². The normalized spacial score (nSPS) is 16.1. The van der Waals surface area contributed by atoms with Crippen molar-refractivity contribution in [3.8, 4) is 11.4 Å². The van der Waals surface area contributed by atoms with Gasteiger partial charge < -0.3 is 19.5 Å². The van der Waals surface area contributed by atoms with Gasteiger partial charge in [-0.15, -0.1) is 0 Å². The number of hydrogen-bond donors (Lipinski definition) is 1. The van der Waals surface area contributed by atoms with Crippen molar-refractivity contribution in [1.82, 2.24) is 20.4 Å². The third-order valence-corrected chi connectivity index (χ3v) is 4.23. The maximum atomic E-state index is 11.9. The van der Waals surface area contributed by atoms with Crippen LogP contribution in [0, 0.1) is 0 Å². The molecule has 2 aromatic rings. The summed E-state index contributed by atoms with van der Waals surface area (Å²) in [5, 5.41) is 6.75. The molecule has 0 spiro atoms. The molecule has 8 nitrogen and oxygen atoms in total. The molecule has 2 aromatic heterocycles. The minimum atomic E-state index is -0.564. The van der Waals surface area contributed by atoms with Crippen molar-refractivity contribution >= 4 is 11.9 Å². The van der Waals surface area contributed by atoms with Crippen molar-refractivity contribution in [1.29, 1.82) is 0 Å². The second kappa shape index (κ2) is 7.94. The zero-order valence-electron chi connectivity index (χ0n) is 16.4. The van der Waals surface area contributed by atoms with Gasteiger partial charge in [0.05, 0.1) is 0 Å². The lowest BCUT2D eigenvalue weighted by Gasteiger charge is -2.27. The van der Waals surface area contributed by atoms with Crippen molar-refractivity contribution in [2.24, 2.45) is 0 Å². The number of alkyl carbamates (subject to hydrolysis) is 1. The zero-order valence-corrected chi connectivity index (χ0v) is 16.4. The second-order valence-electron chi connectivity index (χ2n) is 7.77. The Morgan fingerprint density at radius 2 is 2.04 bits per heavy atom. The highest BCUT2D eigenvalue weighted by Crippen LogP contribution is 2.24. The number of piperidine rings is 1. The lowest BCUT2D eigenvalue weighted by Crippen LogP contribution is -2.34. The van der Waals surface area contributed by atoms with Gasteiger partial charge in [-0.2, -0.15) is 4.98 Å². The molecule has 0 radical (unpaired) electrons. The van der Waals surface area contributed by atoms with Crippen LogP contribution in [0.15, 0.2) is 22.9 Å². The van der Waals surface area contributed by atoms with Crippen LogP contribution in [-0.4, -0.2) is 39.9 Å². The standard InChI is InChI=1S/C19H27N5O3/c1-13(21-18(25)26-19(2,3)4)17-22-16(23-27-17)14-8-9-20-15(12-14)24-10-6-5-7-11-24/h8-9,12-13H,5-7,10-11H2,1-4H3,(H,21,25). The SMILES string of the molecule is CC(NC(=O)OC(C)(C)C)c1nc(-c2ccnc(N3CCCCC3)c2)no1. The number of carbonyl (C=O) groups excluding carboxylic acids is 1. The first-order valence-electron chi connectivity index (χ1n) is 9.36. The van der Waals surface area contributed by atoms with Gasteiger partial charge in [0.15, 0.2) is 0 Å². The van der Waals surface area contributed by atoms with Gasteiger partial charge in [-0.3, -0.25) is 0 Å². The van der Waals surface area contributed by atoms with E-state index in [1.807, 2.05) is 32.9 Å². The van der Waals surface area contributed by atoms with Gasteiger partial charge in [-0.25, -0.2) is 9.78 Å². The molecule has 27 heavy (non-hydrogen) atoms. The molecule has 3 heterocycles. The largest absolute Gasteiger partial charge is 0.444 e. The van der Waals surface area contributed by atoms with Crippen LogP contribution < -0.4 is 10.2 Å². The Bertz CT molecular complexity index is 778. The quantitative estimate of drug-likeness (QED) is 0.873. The average molecular weight is 373 g/mol. The van der Waals surface area contributed by atoms with E-state index in [2.05, 4.69) is 25.3 Å². The van der Waals surface area contributed by atoms with Gasteiger partial charge in [-0.1, -0.05) is 5.16 Å². The van der Waals surface area contributed by atoms with Crippen LogP contribution in [0.5, 0.6) is 0 Å². The van der Waals surface area contributed by atoms with Crippen molar-refractivity contribution in [2.45, 2.75) is 58.6 Å². The summed E-state index contributed by atoms with van der Waals surface area (Å²) < 4.78 is 10.6. The van der Waals surface area contributed by atoms with E-state index in [9.17, 15) is 4.79 Å². The lowest BCUT2D eigenvalue weighted by atomic mass is 10.1. The number of nitrogens with zero attached hydrogens (tertiary/aromatic N) is 4. The first-order valence-corrected chi connectivity index (χ1v) is 9.36. The summed E-state index contributed by atoms with van der Waals surface area (Å²) >= 11 is 0. The minimum absolute atomic E-state index is 0.326. The first-order chi connectivity index (χ1) is 12.8. The van der Waals surface area contributed by atoms with Gasteiger partial charge in [-0.05, 0) is 59.1 Å². The zero-order chi connectivity index (χ0) is 19.4. The van der Waals surface area contributed by atoms with E-state index in [0.717, 1.165) is 24.5 Å². The fourth-order valence-corrected chi connectivity index (χ4v) is 2.93. The van der Waals surface area contributed by atoms with E-state index >= 15 is 0 Å². The van der Waals surface area contributed by atoms with E-state index in [0.29, 0.717) is 11.7 Å². The minimum Gasteiger partial charge on any atom is -0.444 e.